The molecule has 0 unspecified atom stereocenters. The van der Waals surface area contributed by atoms with Crippen molar-refractivity contribution in [1.29, 1.82) is 0 Å². The second-order valence-electron chi connectivity index (χ2n) is 16.9. The summed E-state index contributed by atoms with van der Waals surface area (Å²) >= 11 is 0. The van der Waals surface area contributed by atoms with E-state index in [1.807, 2.05) is 30.3 Å². The van der Waals surface area contributed by atoms with Gasteiger partial charge in [0.25, 0.3) is 0 Å². The molecule has 0 amide bonds. The van der Waals surface area contributed by atoms with Gasteiger partial charge in [-0.1, -0.05) is 133 Å². The van der Waals surface area contributed by atoms with Gasteiger partial charge in [0.1, 0.15) is 5.58 Å². The van der Waals surface area contributed by atoms with E-state index in [9.17, 15) is 0 Å². The molecule has 4 bridgehead atoms. The molecule has 3 heteroatoms. The van der Waals surface area contributed by atoms with E-state index in [1.54, 1.807) is 11.1 Å². The number of rotatable bonds is 3. The van der Waals surface area contributed by atoms with E-state index >= 15 is 0 Å². The van der Waals surface area contributed by atoms with Crippen molar-refractivity contribution < 1.29 is 4.42 Å². The minimum absolute atomic E-state index is 0.115. The fraction of sp³-hybridized carbons (Fsp3) is 0.192. The summed E-state index contributed by atoms with van der Waals surface area (Å²) in [5, 5.41) is 6.85. The maximum Gasteiger partial charge on any atom is 0.231 e. The van der Waals surface area contributed by atoms with Crippen LogP contribution in [0.1, 0.15) is 43.2 Å². The fourth-order valence-electron chi connectivity index (χ4n) is 12.5. The second-order valence-corrected chi connectivity index (χ2v) is 16.9. The zero-order valence-corrected chi connectivity index (χ0v) is 30.5. The SMILES string of the molecule is c1ccc(-c2nc(-c3c4ccccc4c(-c4ccc5c(c4)C4(c6ccccc6-5)C5CC6CC(C5)CC4C6)c4ccccc34)c3c(n2)oc2ccccc23)cc1. The summed E-state index contributed by atoms with van der Waals surface area (Å²) in [6, 6.07) is 53.5. The number of para-hydroxylation sites is 1. The zero-order chi connectivity index (χ0) is 35.8. The molecule has 14 rings (SSSR count). The molecule has 262 valence electrons. The molecule has 1 spiro atoms. The van der Waals surface area contributed by atoms with Crippen molar-refractivity contribution in [3.05, 3.63) is 157 Å². The molecule has 0 N–H and O–H groups in total. The van der Waals surface area contributed by atoms with Gasteiger partial charge in [-0.2, -0.15) is 4.98 Å². The Morgan fingerprint density at radius 2 is 1.05 bits per heavy atom. The lowest BCUT2D eigenvalue weighted by Crippen LogP contribution is -2.55. The summed E-state index contributed by atoms with van der Waals surface area (Å²) in [4.78, 5) is 10.5. The number of benzene rings is 7. The predicted molar refractivity (Wildman–Crippen MR) is 224 cm³/mol. The van der Waals surface area contributed by atoms with Crippen LogP contribution in [0.25, 0.3) is 88.5 Å². The Labute approximate surface area is 319 Å². The standard InChI is InChI=1S/C52H38N2O/c1-2-12-32(13-3-1)50-53-49(48-42-19-9-11-21-45(42)55-51(48)54-50)47-40-17-6-4-15-38(40)46(39-16-5-7-18-41(39)47)33-22-23-37-36-14-8-10-20-43(36)52(44(37)29-33)34-25-30-24-31(27-34)28-35(52)26-30/h1-23,29-31,34-35H,24-28H2. The van der Waals surface area contributed by atoms with E-state index in [4.69, 9.17) is 14.4 Å². The molecule has 0 atom stereocenters. The normalized spacial score (nSPS) is 23.3. The monoisotopic (exact) mass is 706 g/mol. The predicted octanol–water partition coefficient (Wildman–Crippen LogP) is 13.4. The molecule has 4 fully saturated rings. The zero-order valence-electron chi connectivity index (χ0n) is 30.5. The molecular weight excluding hydrogens is 669 g/mol. The van der Waals surface area contributed by atoms with Crippen LogP contribution in [-0.4, -0.2) is 9.97 Å². The molecule has 4 saturated carbocycles. The van der Waals surface area contributed by atoms with Gasteiger partial charge < -0.3 is 4.42 Å². The van der Waals surface area contributed by atoms with E-state index in [1.165, 1.54) is 75.9 Å². The summed E-state index contributed by atoms with van der Waals surface area (Å²) in [7, 11) is 0. The highest BCUT2D eigenvalue weighted by Crippen LogP contribution is 2.69. The Balaban J connectivity index is 1.10. The van der Waals surface area contributed by atoms with Gasteiger partial charge in [-0.05, 0) is 123 Å². The number of hydrogen-bond donors (Lipinski definition) is 0. The first-order chi connectivity index (χ1) is 27.2. The molecule has 2 aromatic heterocycles. The lowest BCUT2D eigenvalue weighted by atomic mass is 9.43. The van der Waals surface area contributed by atoms with Crippen molar-refractivity contribution in [2.45, 2.75) is 37.5 Å². The van der Waals surface area contributed by atoms with Gasteiger partial charge in [0.05, 0.1) is 11.1 Å². The van der Waals surface area contributed by atoms with E-state index in [0.717, 1.165) is 56.8 Å². The average Bonchev–Trinajstić information content (AvgIpc) is 3.75. The second kappa shape index (κ2) is 11.0. The largest absolute Gasteiger partial charge is 0.438 e. The number of hydrogen-bond acceptors (Lipinski definition) is 3. The Kier molecular flexibility index (Phi) is 6.06. The molecule has 7 aromatic carbocycles. The number of furan rings is 1. The van der Waals surface area contributed by atoms with E-state index in [-0.39, 0.29) is 5.41 Å². The fourth-order valence-corrected chi connectivity index (χ4v) is 12.5. The van der Waals surface area contributed by atoms with Gasteiger partial charge in [-0.15, -0.1) is 0 Å². The third-order valence-corrected chi connectivity index (χ3v) is 14.3. The Bertz CT molecular complexity index is 2980. The lowest BCUT2D eigenvalue weighted by Gasteiger charge is -2.61. The molecule has 5 aliphatic carbocycles. The van der Waals surface area contributed by atoms with Crippen LogP contribution in [-0.2, 0) is 5.41 Å². The van der Waals surface area contributed by atoms with Crippen LogP contribution < -0.4 is 0 Å². The van der Waals surface area contributed by atoms with Gasteiger partial charge in [-0.3, -0.25) is 0 Å². The molecular formula is C52H38N2O. The highest BCUT2D eigenvalue weighted by molar-refractivity contribution is 6.25. The molecule has 0 radical (unpaired) electrons. The van der Waals surface area contributed by atoms with Gasteiger partial charge in [0.15, 0.2) is 5.82 Å². The first-order valence-electron chi connectivity index (χ1n) is 20.2. The molecule has 0 aliphatic heterocycles. The molecule has 0 saturated heterocycles. The van der Waals surface area contributed by atoms with Crippen LogP contribution >= 0.6 is 0 Å². The van der Waals surface area contributed by atoms with Crippen LogP contribution in [0.2, 0.25) is 0 Å². The van der Waals surface area contributed by atoms with Crippen molar-refractivity contribution >= 4 is 43.6 Å². The third kappa shape index (κ3) is 4.01. The maximum atomic E-state index is 6.51. The molecule has 2 heterocycles. The van der Waals surface area contributed by atoms with Crippen LogP contribution in [0.3, 0.4) is 0 Å². The minimum atomic E-state index is 0.115. The summed E-state index contributed by atoms with van der Waals surface area (Å²) < 4.78 is 6.51. The molecule has 3 nitrogen and oxygen atoms in total. The van der Waals surface area contributed by atoms with Crippen LogP contribution in [0.15, 0.2) is 150 Å². The summed E-state index contributed by atoms with van der Waals surface area (Å²) in [6.07, 6.45) is 6.99. The van der Waals surface area contributed by atoms with Crippen molar-refractivity contribution in [1.82, 2.24) is 9.97 Å². The highest BCUT2D eigenvalue weighted by Gasteiger charge is 2.61. The van der Waals surface area contributed by atoms with Crippen LogP contribution in [0.4, 0.5) is 0 Å². The van der Waals surface area contributed by atoms with Crippen molar-refractivity contribution in [2.24, 2.45) is 23.7 Å². The highest BCUT2D eigenvalue weighted by atomic mass is 16.3. The van der Waals surface area contributed by atoms with Crippen molar-refractivity contribution in [2.75, 3.05) is 0 Å². The summed E-state index contributed by atoms with van der Waals surface area (Å²) in [6.45, 7) is 0. The van der Waals surface area contributed by atoms with Gasteiger partial charge in [0, 0.05) is 21.9 Å². The summed E-state index contributed by atoms with van der Waals surface area (Å²) in [5.41, 5.74) is 13.3. The smallest absolute Gasteiger partial charge is 0.231 e. The minimum Gasteiger partial charge on any atom is -0.438 e. The Morgan fingerprint density at radius 3 is 1.76 bits per heavy atom. The Morgan fingerprint density at radius 1 is 0.473 bits per heavy atom. The third-order valence-electron chi connectivity index (χ3n) is 14.3. The average molecular weight is 707 g/mol. The Hall–Kier alpha value is -6.06. The van der Waals surface area contributed by atoms with E-state index in [2.05, 4.69) is 115 Å². The first kappa shape index (κ1) is 30.3. The van der Waals surface area contributed by atoms with Crippen molar-refractivity contribution in [3.8, 4) is 44.9 Å². The number of aromatic nitrogens is 2. The van der Waals surface area contributed by atoms with Crippen LogP contribution in [0, 0.1) is 23.7 Å². The first-order valence-corrected chi connectivity index (χ1v) is 20.2. The summed E-state index contributed by atoms with van der Waals surface area (Å²) in [5.74, 6) is 3.94. The van der Waals surface area contributed by atoms with Gasteiger partial charge in [-0.25, -0.2) is 4.98 Å². The van der Waals surface area contributed by atoms with E-state index < -0.39 is 0 Å². The van der Waals surface area contributed by atoms with Crippen molar-refractivity contribution in [3.63, 3.8) is 0 Å². The molecule has 55 heavy (non-hydrogen) atoms. The maximum absolute atomic E-state index is 6.51. The molecule has 5 aliphatic rings. The quantitative estimate of drug-likeness (QED) is 0.172. The van der Waals surface area contributed by atoms with Gasteiger partial charge >= 0.3 is 0 Å². The number of nitrogens with zero attached hydrogens (tertiary/aromatic N) is 2. The lowest BCUT2D eigenvalue weighted by molar-refractivity contribution is -0.0399. The number of fused-ring (bicyclic) bond motifs is 8. The molecule has 9 aromatic rings. The van der Waals surface area contributed by atoms with Crippen LogP contribution in [0.5, 0.6) is 0 Å². The topological polar surface area (TPSA) is 38.9 Å². The van der Waals surface area contributed by atoms with Gasteiger partial charge in [0.2, 0.25) is 5.71 Å². The van der Waals surface area contributed by atoms with E-state index in [0.29, 0.717) is 11.5 Å².